The molecule has 1 saturated heterocycles. The molecule has 0 bridgehead atoms. The minimum atomic E-state index is -0.570. The van der Waals surface area contributed by atoms with Gasteiger partial charge in [-0.05, 0) is 38.8 Å². The van der Waals surface area contributed by atoms with Gasteiger partial charge < -0.3 is 15.4 Å². The molecule has 1 fully saturated rings. The number of ether oxygens (including phenoxy) is 1. The molecule has 114 valence electrons. The summed E-state index contributed by atoms with van der Waals surface area (Å²) in [5, 5.41) is 5.52. The third-order valence-electron chi connectivity index (χ3n) is 3.55. The quantitative estimate of drug-likeness (QED) is 0.861. The molecule has 5 nitrogen and oxygen atoms in total. The number of rotatable bonds is 5. The number of aryl methyl sites for hydroxylation is 1. The second-order valence-corrected chi connectivity index (χ2v) is 5.44. The Hall–Kier alpha value is -1.88. The molecular formula is C16H22N2O3. The summed E-state index contributed by atoms with van der Waals surface area (Å²) in [6.07, 6.45) is 2.12. The van der Waals surface area contributed by atoms with Crippen LogP contribution in [0.4, 0.5) is 0 Å². The van der Waals surface area contributed by atoms with Crippen LogP contribution in [-0.4, -0.2) is 37.1 Å². The van der Waals surface area contributed by atoms with E-state index >= 15 is 0 Å². The van der Waals surface area contributed by atoms with Gasteiger partial charge in [-0.25, -0.2) is 0 Å². The summed E-state index contributed by atoms with van der Waals surface area (Å²) in [4.78, 5) is 24.0. The van der Waals surface area contributed by atoms with Crippen LogP contribution < -0.4 is 10.6 Å². The Labute approximate surface area is 125 Å². The Balaban J connectivity index is 1.80. The first-order chi connectivity index (χ1) is 10.1. The summed E-state index contributed by atoms with van der Waals surface area (Å²) in [5.41, 5.74) is 1.58. The van der Waals surface area contributed by atoms with Crippen LogP contribution >= 0.6 is 0 Å². The van der Waals surface area contributed by atoms with E-state index in [1.807, 2.05) is 19.1 Å². The van der Waals surface area contributed by atoms with Crippen molar-refractivity contribution in [1.82, 2.24) is 10.6 Å². The van der Waals surface area contributed by atoms with Gasteiger partial charge in [0.25, 0.3) is 5.91 Å². The average Bonchev–Trinajstić information content (AvgIpc) is 2.97. The minimum absolute atomic E-state index is 0.105. The van der Waals surface area contributed by atoms with Crippen molar-refractivity contribution in [2.45, 2.75) is 38.8 Å². The van der Waals surface area contributed by atoms with Crippen molar-refractivity contribution in [1.29, 1.82) is 0 Å². The smallest absolute Gasteiger partial charge is 0.251 e. The maximum Gasteiger partial charge on any atom is 0.251 e. The fourth-order valence-electron chi connectivity index (χ4n) is 2.30. The van der Waals surface area contributed by atoms with Gasteiger partial charge in [0.15, 0.2) is 0 Å². The molecule has 1 aromatic rings. The van der Waals surface area contributed by atoms with E-state index in [-0.39, 0.29) is 17.9 Å². The zero-order valence-corrected chi connectivity index (χ0v) is 12.5. The molecule has 2 rings (SSSR count). The van der Waals surface area contributed by atoms with Gasteiger partial charge in [0.1, 0.15) is 6.04 Å². The lowest BCUT2D eigenvalue weighted by Gasteiger charge is -2.16. The van der Waals surface area contributed by atoms with E-state index in [2.05, 4.69) is 10.6 Å². The summed E-state index contributed by atoms with van der Waals surface area (Å²) in [6.45, 7) is 4.87. The molecule has 0 aliphatic carbocycles. The fourth-order valence-corrected chi connectivity index (χ4v) is 2.30. The second-order valence-electron chi connectivity index (χ2n) is 5.44. The van der Waals surface area contributed by atoms with Crippen LogP contribution in [0.15, 0.2) is 24.3 Å². The fraction of sp³-hybridized carbons (Fsp3) is 0.500. The van der Waals surface area contributed by atoms with Crippen molar-refractivity contribution in [2.24, 2.45) is 0 Å². The van der Waals surface area contributed by atoms with Crippen LogP contribution in [-0.2, 0) is 9.53 Å². The number of benzene rings is 1. The first-order valence-electron chi connectivity index (χ1n) is 7.33. The predicted octanol–water partition coefficient (Wildman–Crippen LogP) is 1.41. The molecule has 2 N–H and O–H groups in total. The molecule has 5 heteroatoms. The molecule has 21 heavy (non-hydrogen) atoms. The Morgan fingerprint density at radius 3 is 2.90 bits per heavy atom. The summed E-state index contributed by atoms with van der Waals surface area (Å²) < 4.78 is 5.44. The summed E-state index contributed by atoms with van der Waals surface area (Å²) >= 11 is 0. The Morgan fingerprint density at radius 2 is 2.24 bits per heavy atom. The van der Waals surface area contributed by atoms with Crippen LogP contribution in [0.5, 0.6) is 0 Å². The summed E-state index contributed by atoms with van der Waals surface area (Å²) in [7, 11) is 0. The highest BCUT2D eigenvalue weighted by Gasteiger charge is 2.20. The zero-order valence-electron chi connectivity index (χ0n) is 12.5. The molecule has 2 amide bonds. The van der Waals surface area contributed by atoms with Crippen LogP contribution in [0.25, 0.3) is 0 Å². The number of carbonyl (C=O) groups excluding carboxylic acids is 2. The van der Waals surface area contributed by atoms with Crippen LogP contribution in [0.2, 0.25) is 0 Å². The second kappa shape index (κ2) is 7.22. The highest BCUT2D eigenvalue weighted by atomic mass is 16.5. The summed E-state index contributed by atoms with van der Waals surface area (Å²) in [6, 6.07) is 6.71. The molecule has 1 aromatic carbocycles. The molecule has 1 heterocycles. The first kappa shape index (κ1) is 15.5. The predicted molar refractivity (Wildman–Crippen MR) is 80.1 cm³/mol. The average molecular weight is 290 g/mol. The monoisotopic (exact) mass is 290 g/mol. The van der Waals surface area contributed by atoms with Gasteiger partial charge in [0, 0.05) is 18.7 Å². The van der Waals surface area contributed by atoms with E-state index < -0.39 is 6.04 Å². The van der Waals surface area contributed by atoms with Crippen LogP contribution in [0.3, 0.4) is 0 Å². The third kappa shape index (κ3) is 4.56. The van der Waals surface area contributed by atoms with Crippen molar-refractivity contribution in [3.8, 4) is 0 Å². The first-order valence-corrected chi connectivity index (χ1v) is 7.33. The van der Waals surface area contributed by atoms with Gasteiger partial charge in [-0.15, -0.1) is 0 Å². The molecule has 1 aliphatic rings. The molecule has 1 aliphatic heterocycles. The molecule has 0 aromatic heterocycles. The summed E-state index contributed by atoms with van der Waals surface area (Å²) in [5.74, 6) is -0.426. The molecule has 0 radical (unpaired) electrons. The Kier molecular flexibility index (Phi) is 5.33. The topological polar surface area (TPSA) is 67.4 Å². The zero-order chi connectivity index (χ0) is 15.2. The van der Waals surface area contributed by atoms with E-state index in [4.69, 9.17) is 4.74 Å². The highest BCUT2D eigenvalue weighted by Crippen LogP contribution is 2.10. The van der Waals surface area contributed by atoms with Gasteiger partial charge in [0.2, 0.25) is 5.91 Å². The maximum absolute atomic E-state index is 12.1. The van der Waals surface area contributed by atoms with Gasteiger partial charge in [-0.2, -0.15) is 0 Å². The van der Waals surface area contributed by atoms with Crippen LogP contribution in [0.1, 0.15) is 35.7 Å². The normalized spacial score (nSPS) is 19.0. The van der Waals surface area contributed by atoms with E-state index in [9.17, 15) is 9.59 Å². The van der Waals surface area contributed by atoms with Gasteiger partial charge in [-0.3, -0.25) is 9.59 Å². The van der Waals surface area contributed by atoms with Gasteiger partial charge >= 0.3 is 0 Å². The number of carbonyl (C=O) groups is 2. The minimum Gasteiger partial charge on any atom is -0.376 e. The highest BCUT2D eigenvalue weighted by molar-refractivity contribution is 5.97. The number of amides is 2. The number of hydrogen-bond acceptors (Lipinski definition) is 3. The van der Waals surface area contributed by atoms with E-state index in [0.29, 0.717) is 12.1 Å². The molecule has 0 spiro atoms. The van der Waals surface area contributed by atoms with Gasteiger partial charge in [0.05, 0.1) is 6.10 Å². The van der Waals surface area contributed by atoms with Crippen molar-refractivity contribution in [3.05, 3.63) is 35.4 Å². The lowest BCUT2D eigenvalue weighted by Crippen LogP contribution is -2.46. The third-order valence-corrected chi connectivity index (χ3v) is 3.55. The van der Waals surface area contributed by atoms with E-state index in [0.717, 1.165) is 25.0 Å². The van der Waals surface area contributed by atoms with Crippen molar-refractivity contribution < 1.29 is 14.3 Å². The van der Waals surface area contributed by atoms with E-state index in [1.54, 1.807) is 19.1 Å². The molecular weight excluding hydrogens is 268 g/mol. The Morgan fingerprint density at radius 1 is 1.43 bits per heavy atom. The number of hydrogen-bond donors (Lipinski definition) is 2. The van der Waals surface area contributed by atoms with Gasteiger partial charge in [-0.1, -0.05) is 17.7 Å². The Bertz CT molecular complexity index is 510. The van der Waals surface area contributed by atoms with Crippen LogP contribution in [0, 0.1) is 6.92 Å². The standard InChI is InChI=1S/C16H22N2O3/c1-11-5-3-6-13(9-11)16(20)18-12(2)15(19)17-10-14-7-4-8-21-14/h3,5-6,9,12,14H,4,7-8,10H2,1-2H3,(H,17,19)(H,18,20). The maximum atomic E-state index is 12.1. The lowest BCUT2D eigenvalue weighted by molar-refractivity contribution is -0.123. The van der Waals surface area contributed by atoms with E-state index in [1.165, 1.54) is 0 Å². The van der Waals surface area contributed by atoms with Crippen molar-refractivity contribution in [2.75, 3.05) is 13.2 Å². The SMILES string of the molecule is Cc1cccc(C(=O)NC(C)C(=O)NCC2CCCO2)c1. The molecule has 2 atom stereocenters. The molecule has 0 saturated carbocycles. The number of nitrogens with one attached hydrogen (secondary N) is 2. The molecule has 2 unspecified atom stereocenters. The van der Waals surface area contributed by atoms with Crippen molar-refractivity contribution in [3.63, 3.8) is 0 Å². The van der Waals surface area contributed by atoms with Crippen molar-refractivity contribution >= 4 is 11.8 Å². The largest absolute Gasteiger partial charge is 0.376 e. The lowest BCUT2D eigenvalue weighted by atomic mass is 10.1.